The number of hydrogen-bond donors (Lipinski definition) is 4. The van der Waals surface area contributed by atoms with E-state index in [9.17, 15) is 14.8 Å². The molecule has 0 aliphatic carbocycles. The number of hydrogen-bond acceptors (Lipinski definition) is 4. The third kappa shape index (κ3) is 4.96. The lowest BCUT2D eigenvalue weighted by atomic mass is 9.75. The van der Waals surface area contributed by atoms with Crippen molar-refractivity contribution in [1.82, 2.24) is 5.32 Å². The number of nitrogens with two attached hydrogens (primary N) is 1. The average Bonchev–Trinajstić information content (AvgIpc) is 2.37. The van der Waals surface area contributed by atoms with Gasteiger partial charge in [-0.3, -0.25) is 4.79 Å². The van der Waals surface area contributed by atoms with Crippen molar-refractivity contribution in [2.75, 3.05) is 0 Å². The summed E-state index contributed by atoms with van der Waals surface area (Å²) in [6, 6.07) is 8.62. The van der Waals surface area contributed by atoms with Crippen molar-refractivity contribution in [3.05, 3.63) is 35.9 Å². The number of amides is 1. The molecule has 0 bridgehead atoms. The maximum Gasteiger partial charge on any atom is 0.475 e. The molecule has 0 spiro atoms. The minimum Gasteiger partial charge on any atom is -0.426 e. The molecule has 0 heterocycles. The zero-order valence-electron chi connectivity index (χ0n) is 12.2. The molecule has 0 unspecified atom stereocenters. The van der Waals surface area contributed by atoms with Gasteiger partial charge >= 0.3 is 7.12 Å². The van der Waals surface area contributed by atoms with Gasteiger partial charge in [-0.25, -0.2) is 0 Å². The second-order valence-electron chi connectivity index (χ2n) is 6.06. The van der Waals surface area contributed by atoms with Gasteiger partial charge in [0.2, 0.25) is 5.91 Å². The molecule has 0 aromatic heterocycles. The summed E-state index contributed by atoms with van der Waals surface area (Å²) in [5.41, 5.74) is 6.39. The molecule has 110 valence electrons. The molecular formula is C14H23BN2O3. The van der Waals surface area contributed by atoms with Gasteiger partial charge in [0.15, 0.2) is 0 Å². The summed E-state index contributed by atoms with van der Waals surface area (Å²) < 4.78 is 0. The topological polar surface area (TPSA) is 95.6 Å². The highest BCUT2D eigenvalue weighted by Crippen LogP contribution is 2.17. The first-order chi connectivity index (χ1) is 9.21. The van der Waals surface area contributed by atoms with E-state index in [4.69, 9.17) is 5.73 Å². The van der Waals surface area contributed by atoms with Gasteiger partial charge in [0.25, 0.3) is 0 Å². The van der Waals surface area contributed by atoms with Crippen molar-refractivity contribution >= 4 is 13.0 Å². The Kier molecular flexibility index (Phi) is 5.74. The first-order valence-electron chi connectivity index (χ1n) is 6.68. The van der Waals surface area contributed by atoms with Crippen LogP contribution >= 0.6 is 0 Å². The van der Waals surface area contributed by atoms with Crippen LogP contribution in [-0.4, -0.2) is 35.1 Å². The average molecular weight is 278 g/mol. The molecule has 5 N–H and O–H groups in total. The van der Waals surface area contributed by atoms with Gasteiger partial charge in [-0.15, -0.1) is 0 Å². The van der Waals surface area contributed by atoms with Crippen molar-refractivity contribution in [3.63, 3.8) is 0 Å². The van der Waals surface area contributed by atoms with Crippen LogP contribution in [-0.2, 0) is 11.2 Å². The van der Waals surface area contributed by atoms with Gasteiger partial charge in [0.05, 0.1) is 12.0 Å². The highest BCUT2D eigenvalue weighted by molar-refractivity contribution is 6.43. The number of rotatable bonds is 5. The van der Waals surface area contributed by atoms with E-state index in [1.165, 1.54) is 0 Å². The van der Waals surface area contributed by atoms with Crippen LogP contribution in [0.15, 0.2) is 30.3 Å². The summed E-state index contributed by atoms with van der Waals surface area (Å²) in [6.45, 7) is 5.58. The molecule has 1 amide bonds. The Morgan fingerprint density at radius 1 is 1.30 bits per heavy atom. The minimum atomic E-state index is -1.63. The molecule has 1 aromatic rings. The summed E-state index contributed by atoms with van der Waals surface area (Å²) in [7, 11) is -1.63. The third-order valence-electron chi connectivity index (χ3n) is 3.20. The molecule has 0 saturated heterocycles. The second kappa shape index (κ2) is 6.88. The maximum absolute atomic E-state index is 12.0. The fourth-order valence-electron chi connectivity index (χ4n) is 1.76. The lowest BCUT2D eigenvalue weighted by Gasteiger charge is -2.28. The predicted octanol–water partition coefficient (Wildman–Crippen LogP) is 0.0993. The molecule has 0 aliphatic rings. The molecule has 20 heavy (non-hydrogen) atoms. The van der Waals surface area contributed by atoms with Crippen molar-refractivity contribution in [2.24, 2.45) is 11.1 Å². The van der Waals surface area contributed by atoms with Crippen LogP contribution in [0.5, 0.6) is 0 Å². The van der Waals surface area contributed by atoms with E-state index in [0.29, 0.717) is 6.42 Å². The zero-order chi connectivity index (χ0) is 15.3. The Morgan fingerprint density at radius 3 is 2.30 bits per heavy atom. The summed E-state index contributed by atoms with van der Waals surface area (Å²) >= 11 is 0. The molecular weight excluding hydrogens is 255 g/mol. The molecule has 2 atom stereocenters. The van der Waals surface area contributed by atoms with Gasteiger partial charge < -0.3 is 21.1 Å². The van der Waals surface area contributed by atoms with Gasteiger partial charge in [0.1, 0.15) is 0 Å². The summed E-state index contributed by atoms with van der Waals surface area (Å²) in [5.74, 6) is -1.16. The Morgan fingerprint density at radius 2 is 1.85 bits per heavy atom. The highest BCUT2D eigenvalue weighted by Gasteiger charge is 2.32. The Bertz CT molecular complexity index is 432. The van der Waals surface area contributed by atoms with Gasteiger partial charge in [0, 0.05) is 0 Å². The minimum absolute atomic E-state index is 0.334. The van der Waals surface area contributed by atoms with Crippen LogP contribution in [0.1, 0.15) is 26.3 Å². The van der Waals surface area contributed by atoms with E-state index in [2.05, 4.69) is 5.32 Å². The van der Waals surface area contributed by atoms with Crippen LogP contribution in [0.4, 0.5) is 0 Å². The number of benzene rings is 1. The molecule has 1 rings (SSSR count). The predicted molar refractivity (Wildman–Crippen MR) is 79.7 cm³/mol. The molecule has 0 saturated carbocycles. The van der Waals surface area contributed by atoms with E-state index in [0.717, 1.165) is 5.56 Å². The SMILES string of the molecule is CC(C)(C)[C@H](N)C(=O)N[C@@H](Cc1ccccc1)B(O)O. The Labute approximate surface area is 120 Å². The van der Waals surface area contributed by atoms with Crippen LogP contribution in [0.2, 0.25) is 0 Å². The lowest BCUT2D eigenvalue weighted by molar-refractivity contribution is -0.124. The van der Waals surface area contributed by atoms with Crippen LogP contribution in [0.3, 0.4) is 0 Å². The maximum atomic E-state index is 12.0. The van der Waals surface area contributed by atoms with Gasteiger partial charge in [-0.1, -0.05) is 51.1 Å². The molecule has 0 aliphatic heterocycles. The largest absolute Gasteiger partial charge is 0.475 e. The fourth-order valence-corrected chi connectivity index (χ4v) is 1.76. The van der Waals surface area contributed by atoms with Crippen molar-refractivity contribution in [2.45, 2.75) is 39.2 Å². The van der Waals surface area contributed by atoms with Crippen LogP contribution < -0.4 is 11.1 Å². The Hall–Kier alpha value is -1.37. The zero-order valence-corrected chi connectivity index (χ0v) is 12.2. The van der Waals surface area contributed by atoms with E-state index < -0.39 is 19.1 Å². The number of nitrogens with one attached hydrogen (secondary N) is 1. The summed E-state index contributed by atoms with van der Waals surface area (Å²) in [5, 5.41) is 21.4. The molecule has 5 nitrogen and oxygen atoms in total. The van der Waals surface area contributed by atoms with Crippen molar-refractivity contribution < 1.29 is 14.8 Å². The quantitative estimate of drug-likeness (QED) is 0.574. The van der Waals surface area contributed by atoms with Crippen LogP contribution in [0.25, 0.3) is 0 Å². The van der Waals surface area contributed by atoms with Crippen LogP contribution in [0, 0.1) is 5.41 Å². The third-order valence-corrected chi connectivity index (χ3v) is 3.20. The molecule has 0 radical (unpaired) electrons. The number of carbonyl (C=O) groups excluding carboxylic acids is 1. The first kappa shape index (κ1) is 16.7. The monoisotopic (exact) mass is 278 g/mol. The lowest BCUT2D eigenvalue weighted by Crippen LogP contribution is -2.56. The standard InChI is InChI=1S/C14H23BN2O3/c1-14(2,3)12(16)13(18)17-11(15(19)20)9-10-7-5-4-6-8-10/h4-8,11-12,19-20H,9,16H2,1-3H3,(H,17,18)/t11-,12+/m0/s1. The molecule has 0 fully saturated rings. The first-order valence-corrected chi connectivity index (χ1v) is 6.68. The van der Waals surface area contributed by atoms with E-state index in [-0.39, 0.29) is 11.3 Å². The smallest absolute Gasteiger partial charge is 0.426 e. The Balaban J connectivity index is 2.71. The molecule has 1 aromatic carbocycles. The van der Waals surface area contributed by atoms with Gasteiger partial charge in [-0.2, -0.15) is 0 Å². The van der Waals surface area contributed by atoms with Gasteiger partial charge in [-0.05, 0) is 17.4 Å². The van der Waals surface area contributed by atoms with E-state index in [1.807, 2.05) is 51.1 Å². The number of carbonyl (C=O) groups is 1. The van der Waals surface area contributed by atoms with E-state index >= 15 is 0 Å². The summed E-state index contributed by atoms with van der Waals surface area (Å²) in [4.78, 5) is 12.0. The van der Waals surface area contributed by atoms with Crippen molar-refractivity contribution in [3.8, 4) is 0 Å². The summed E-state index contributed by atoms with van der Waals surface area (Å²) in [6.07, 6.45) is 0.334. The fraction of sp³-hybridized carbons (Fsp3) is 0.500. The second-order valence-corrected chi connectivity index (χ2v) is 6.06. The highest BCUT2D eigenvalue weighted by atomic mass is 16.4. The van der Waals surface area contributed by atoms with E-state index in [1.54, 1.807) is 0 Å². The molecule has 6 heteroatoms. The van der Waals surface area contributed by atoms with Crippen molar-refractivity contribution in [1.29, 1.82) is 0 Å². The normalized spacial score (nSPS) is 14.5.